The Kier molecular flexibility index (Phi) is 6.23. The Labute approximate surface area is 156 Å². The summed E-state index contributed by atoms with van der Waals surface area (Å²) in [5, 5.41) is 2.81. The molecule has 2 N–H and O–H groups in total. The minimum absolute atomic E-state index is 0.106. The van der Waals surface area contributed by atoms with Gasteiger partial charge in [0.1, 0.15) is 0 Å². The lowest BCUT2D eigenvalue weighted by atomic mass is 10.1. The average molecular weight is 397 g/mol. The monoisotopic (exact) mass is 396 g/mol. The average Bonchev–Trinajstić information content (AvgIpc) is 2.56. The van der Waals surface area contributed by atoms with E-state index in [0.29, 0.717) is 11.3 Å². The van der Waals surface area contributed by atoms with E-state index in [-0.39, 0.29) is 22.9 Å². The summed E-state index contributed by atoms with van der Waals surface area (Å²) in [6.45, 7) is 1.98. The van der Waals surface area contributed by atoms with Gasteiger partial charge >= 0.3 is 5.97 Å². The highest BCUT2D eigenvalue weighted by Crippen LogP contribution is 2.22. The molecular formula is C17H17ClN2O5S. The molecule has 0 heterocycles. The quantitative estimate of drug-likeness (QED) is 0.730. The molecule has 0 aliphatic rings. The summed E-state index contributed by atoms with van der Waals surface area (Å²) in [6.07, 6.45) is 1.01. The first-order valence-corrected chi connectivity index (χ1v) is 9.82. The topological polar surface area (TPSA) is 102 Å². The number of esters is 1. The number of rotatable bonds is 6. The molecule has 0 aliphatic heterocycles. The summed E-state index contributed by atoms with van der Waals surface area (Å²) < 4.78 is 29.8. The number of halogens is 1. The van der Waals surface area contributed by atoms with Gasteiger partial charge in [-0.15, -0.1) is 0 Å². The van der Waals surface area contributed by atoms with Crippen LogP contribution < -0.4 is 10.0 Å². The van der Waals surface area contributed by atoms with E-state index in [1.54, 1.807) is 19.1 Å². The molecule has 0 bridgehead atoms. The molecular weight excluding hydrogens is 380 g/mol. The van der Waals surface area contributed by atoms with Crippen LogP contribution in [0.4, 0.5) is 11.4 Å². The van der Waals surface area contributed by atoms with Gasteiger partial charge in [0.05, 0.1) is 29.0 Å². The summed E-state index contributed by atoms with van der Waals surface area (Å²) in [7, 11) is -3.48. The summed E-state index contributed by atoms with van der Waals surface area (Å²) in [6, 6.07) is 10.4. The highest BCUT2D eigenvalue weighted by molar-refractivity contribution is 7.92. The van der Waals surface area contributed by atoms with Crippen molar-refractivity contribution in [1.82, 2.24) is 0 Å². The van der Waals surface area contributed by atoms with Crippen molar-refractivity contribution >= 4 is 44.9 Å². The van der Waals surface area contributed by atoms with Crippen LogP contribution in [0.1, 0.15) is 27.6 Å². The number of hydrogen-bond donors (Lipinski definition) is 2. The third kappa shape index (κ3) is 5.47. The molecule has 138 valence electrons. The molecule has 7 nitrogen and oxygen atoms in total. The lowest BCUT2D eigenvalue weighted by Gasteiger charge is -2.10. The number of amides is 1. The van der Waals surface area contributed by atoms with Crippen molar-refractivity contribution in [2.45, 2.75) is 6.92 Å². The molecule has 2 rings (SSSR count). The minimum atomic E-state index is -3.48. The fourth-order valence-corrected chi connectivity index (χ4v) is 2.84. The third-order valence-corrected chi connectivity index (χ3v) is 4.10. The van der Waals surface area contributed by atoms with Gasteiger partial charge in [-0.05, 0) is 49.4 Å². The zero-order valence-corrected chi connectivity index (χ0v) is 15.6. The van der Waals surface area contributed by atoms with Gasteiger partial charge in [-0.1, -0.05) is 11.6 Å². The predicted molar refractivity (Wildman–Crippen MR) is 100 cm³/mol. The summed E-state index contributed by atoms with van der Waals surface area (Å²) in [5.41, 5.74) is 1.14. The van der Waals surface area contributed by atoms with Crippen LogP contribution in [0.5, 0.6) is 0 Å². The summed E-state index contributed by atoms with van der Waals surface area (Å²) >= 11 is 6.03. The van der Waals surface area contributed by atoms with Gasteiger partial charge in [0.25, 0.3) is 5.91 Å². The molecule has 0 aromatic heterocycles. The van der Waals surface area contributed by atoms with E-state index >= 15 is 0 Å². The second-order valence-electron chi connectivity index (χ2n) is 5.32. The maximum absolute atomic E-state index is 12.4. The van der Waals surface area contributed by atoms with E-state index in [2.05, 4.69) is 10.0 Å². The standard InChI is InChI=1S/C17H17ClN2O5S/c1-3-25-17(22)11-4-6-12(7-5-11)19-16(21)14-10-13(8-9-15(14)18)20-26(2,23)24/h4-10,20H,3H2,1-2H3,(H,19,21). The maximum Gasteiger partial charge on any atom is 0.338 e. The van der Waals surface area contributed by atoms with Gasteiger partial charge < -0.3 is 10.1 Å². The molecule has 9 heteroatoms. The minimum Gasteiger partial charge on any atom is -0.462 e. The van der Waals surface area contributed by atoms with Crippen LogP contribution in [0.15, 0.2) is 42.5 Å². The van der Waals surface area contributed by atoms with Crippen molar-refractivity contribution in [2.24, 2.45) is 0 Å². The van der Waals surface area contributed by atoms with Gasteiger partial charge in [0, 0.05) is 11.4 Å². The van der Waals surface area contributed by atoms with Crippen LogP contribution in [-0.2, 0) is 14.8 Å². The molecule has 0 spiro atoms. The summed E-state index contributed by atoms with van der Waals surface area (Å²) in [5.74, 6) is -0.969. The molecule has 2 aromatic carbocycles. The number of hydrogen-bond acceptors (Lipinski definition) is 5. The summed E-state index contributed by atoms with van der Waals surface area (Å²) in [4.78, 5) is 24.0. The van der Waals surface area contributed by atoms with Crippen molar-refractivity contribution in [3.63, 3.8) is 0 Å². The SMILES string of the molecule is CCOC(=O)c1ccc(NC(=O)c2cc(NS(C)(=O)=O)ccc2Cl)cc1. The Balaban J connectivity index is 2.17. The zero-order valence-electron chi connectivity index (χ0n) is 14.1. The lowest BCUT2D eigenvalue weighted by Crippen LogP contribution is -2.14. The number of carbonyl (C=O) groups excluding carboxylic acids is 2. The number of benzene rings is 2. The van der Waals surface area contributed by atoms with Gasteiger partial charge in [0.15, 0.2) is 0 Å². The predicted octanol–water partition coefficient (Wildman–Crippen LogP) is 3.14. The molecule has 1 amide bonds. The lowest BCUT2D eigenvalue weighted by molar-refractivity contribution is 0.0526. The smallest absolute Gasteiger partial charge is 0.338 e. The Morgan fingerprint density at radius 3 is 2.27 bits per heavy atom. The van der Waals surface area contributed by atoms with Crippen LogP contribution in [0, 0.1) is 0 Å². The third-order valence-electron chi connectivity index (χ3n) is 3.17. The first-order valence-electron chi connectivity index (χ1n) is 7.55. The van der Waals surface area contributed by atoms with E-state index in [1.165, 1.54) is 30.3 Å². The Bertz CT molecular complexity index is 927. The van der Waals surface area contributed by atoms with E-state index < -0.39 is 21.9 Å². The van der Waals surface area contributed by atoms with Crippen molar-refractivity contribution in [3.05, 3.63) is 58.6 Å². The molecule has 26 heavy (non-hydrogen) atoms. The van der Waals surface area contributed by atoms with Crippen LogP contribution in [-0.4, -0.2) is 33.2 Å². The number of sulfonamides is 1. The second-order valence-corrected chi connectivity index (χ2v) is 7.48. The Morgan fingerprint density at radius 1 is 1.08 bits per heavy atom. The fraction of sp³-hybridized carbons (Fsp3) is 0.176. The highest BCUT2D eigenvalue weighted by Gasteiger charge is 2.14. The zero-order chi connectivity index (χ0) is 19.3. The van der Waals surface area contributed by atoms with Crippen LogP contribution in [0.25, 0.3) is 0 Å². The van der Waals surface area contributed by atoms with Crippen LogP contribution >= 0.6 is 11.6 Å². The van der Waals surface area contributed by atoms with Gasteiger partial charge in [-0.2, -0.15) is 0 Å². The van der Waals surface area contributed by atoms with Crippen molar-refractivity contribution in [1.29, 1.82) is 0 Å². The number of nitrogens with one attached hydrogen (secondary N) is 2. The molecule has 0 radical (unpaired) electrons. The largest absolute Gasteiger partial charge is 0.462 e. The van der Waals surface area contributed by atoms with Gasteiger partial charge in [-0.25, -0.2) is 13.2 Å². The number of carbonyl (C=O) groups is 2. The normalized spacial score (nSPS) is 10.9. The second kappa shape index (κ2) is 8.20. The molecule has 0 atom stereocenters. The maximum atomic E-state index is 12.4. The number of anilines is 2. The van der Waals surface area contributed by atoms with Crippen LogP contribution in [0.2, 0.25) is 5.02 Å². The molecule has 0 aliphatic carbocycles. The molecule has 0 saturated heterocycles. The Morgan fingerprint density at radius 2 is 1.69 bits per heavy atom. The van der Waals surface area contributed by atoms with E-state index in [9.17, 15) is 18.0 Å². The molecule has 0 unspecified atom stereocenters. The van der Waals surface area contributed by atoms with Crippen molar-refractivity contribution < 1.29 is 22.7 Å². The molecule has 0 saturated carbocycles. The van der Waals surface area contributed by atoms with Crippen LogP contribution in [0.3, 0.4) is 0 Å². The van der Waals surface area contributed by atoms with Gasteiger partial charge in [-0.3, -0.25) is 9.52 Å². The first kappa shape index (κ1) is 19.7. The van der Waals surface area contributed by atoms with Crippen molar-refractivity contribution in [3.8, 4) is 0 Å². The Hall–Kier alpha value is -2.58. The fourth-order valence-electron chi connectivity index (χ4n) is 2.08. The van der Waals surface area contributed by atoms with E-state index in [4.69, 9.17) is 16.3 Å². The number of ether oxygens (including phenoxy) is 1. The van der Waals surface area contributed by atoms with Gasteiger partial charge in [0.2, 0.25) is 10.0 Å². The molecule has 0 fully saturated rings. The van der Waals surface area contributed by atoms with E-state index in [0.717, 1.165) is 6.26 Å². The first-order chi connectivity index (χ1) is 12.2. The van der Waals surface area contributed by atoms with Crippen molar-refractivity contribution in [2.75, 3.05) is 22.9 Å². The van der Waals surface area contributed by atoms with E-state index in [1.807, 2.05) is 0 Å². The highest BCUT2D eigenvalue weighted by atomic mass is 35.5. The molecule has 2 aromatic rings.